The van der Waals surface area contributed by atoms with Gasteiger partial charge in [-0.1, -0.05) is 36.4 Å². The van der Waals surface area contributed by atoms with Crippen LogP contribution in [-0.4, -0.2) is 51.2 Å². The van der Waals surface area contributed by atoms with E-state index in [2.05, 4.69) is 11.6 Å². The smallest absolute Gasteiger partial charge is 0.228 e. The van der Waals surface area contributed by atoms with E-state index in [0.29, 0.717) is 32.6 Å². The lowest BCUT2D eigenvalue weighted by Crippen LogP contribution is -2.40. The molecule has 3 heterocycles. The van der Waals surface area contributed by atoms with Crippen molar-refractivity contribution in [2.75, 3.05) is 19.6 Å². The highest BCUT2D eigenvalue weighted by atomic mass is 16.2. The van der Waals surface area contributed by atoms with Crippen molar-refractivity contribution in [3.05, 3.63) is 54.4 Å². The number of nitrogens with one attached hydrogen (secondary N) is 1. The molecule has 1 saturated heterocycles. The van der Waals surface area contributed by atoms with E-state index in [1.807, 2.05) is 35.2 Å². The predicted molar refractivity (Wildman–Crippen MR) is 98.0 cm³/mol. The van der Waals surface area contributed by atoms with Gasteiger partial charge in [0.2, 0.25) is 11.8 Å². The van der Waals surface area contributed by atoms with E-state index < -0.39 is 0 Å². The highest BCUT2D eigenvalue weighted by Gasteiger charge is 2.37. The summed E-state index contributed by atoms with van der Waals surface area (Å²) in [6.45, 7) is 5.85. The summed E-state index contributed by atoms with van der Waals surface area (Å²) in [7, 11) is 0. The Balaban J connectivity index is 1.47. The zero-order valence-electron chi connectivity index (χ0n) is 14.6. The Hall–Kier alpha value is -2.89. The van der Waals surface area contributed by atoms with E-state index in [4.69, 9.17) is 4.98 Å². The van der Waals surface area contributed by atoms with E-state index >= 15 is 0 Å². The summed E-state index contributed by atoms with van der Waals surface area (Å²) in [5, 5.41) is 0. The maximum absolute atomic E-state index is 12.9. The monoisotopic (exact) mass is 350 g/mol. The molecule has 0 aliphatic carbocycles. The molecule has 0 bridgehead atoms. The van der Waals surface area contributed by atoms with Crippen LogP contribution in [0.25, 0.3) is 11.4 Å². The Morgan fingerprint density at radius 3 is 2.92 bits per heavy atom. The molecule has 0 spiro atoms. The second kappa shape index (κ2) is 6.78. The third kappa shape index (κ3) is 3.03. The van der Waals surface area contributed by atoms with Gasteiger partial charge in [-0.05, 0) is 0 Å². The molecule has 1 atom stereocenters. The van der Waals surface area contributed by atoms with Gasteiger partial charge in [0.25, 0.3) is 0 Å². The normalized spacial score (nSPS) is 19.5. The Morgan fingerprint density at radius 2 is 2.15 bits per heavy atom. The van der Waals surface area contributed by atoms with Crippen LogP contribution < -0.4 is 0 Å². The zero-order valence-corrected chi connectivity index (χ0v) is 14.6. The van der Waals surface area contributed by atoms with Crippen LogP contribution in [0.5, 0.6) is 0 Å². The van der Waals surface area contributed by atoms with Crippen LogP contribution in [0.15, 0.2) is 43.0 Å². The maximum Gasteiger partial charge on any atom is 0.228 e. The Morgan fingerprint density at radius 1 is 1.35 bits per heavy atom. The molecule has 0 radical (unpaired) electrons. The van der Waals surface area contributed by atoms with E-state index in [0.717, 1.165) is 29.2 Å². The molecule has 1 N–H and O–H groups in total. The first kappa shape index (κ1) is 16.6. The predicted octanol–water partition coefficient (Wildman–Crippen LogP) is 2.00. The SMILES string of the molecule is C=CCN1CC(C(=O)N2CCc3nc(-c4ccccc4)[nH]c3C2)CC1=O. The average Bonchev–Trinajstić information content (AvgIpc) is 3.25. The van der Waals surface area contributed by atoms with Crippen molar-refractivity contribution in [1.29, 1.82) is 0 Å². The fourth-order valence-electron chi connectivity index (χ4n) is 3.74. The van der Waals surface area contributed by atoms with Crippen LogP contribution >= 0.6 is 0 Å². The minimum Gasteiger partial charge on any atom is -0.340 e. The number of benzene rings is 1. The van der Waals surface area contributed by atoms with Crippen LogP contribution in [0.2, 0.25) is 0 Å². The van der Waals surface area contributed by atoms with Gasteiger partial charge < -0.3 is 14.8 Å². The first-order valence-electron chi connectivity index (χ1n) is 8.96. The molecule has 0 saturated carbocycles. The molecule has 1 aromatic heterocycles. The summed E-state index contributed by atoms with van der Waals surface area (Å²) >= 11 is 0. The Kier molecular flexibility index (Phi) is 4.32. The number of aromatic amines is 1. The quantitative estimate of drug-likeness (QED) is 0.858. The molecule has 1 aromatic carbocycles. The summed E-state index contributed by atoms with van der Waals surface area (Å²) in [5.41, 5.74) is 3.07. The summed E-state index contributed by atoms with van der Waals surface area (Å²) in [4.78, 5) is 36.5. The standard InChI is InChI=1S/C20H22N4O2/c1-2-9-23-12-15(11-18(23)25)20(26)24-10-8-16-17(13-24)22-19(21-16)14-6-4-3-5-7-14/h2-7,15H,1,8-13H2,(H,21,22). The second-order valence-electron chi connectivity index (χ2n) is 6.87. The van der Waals surface area contributed by atoms with E-state index in [1.54, 1.807) is 11.0 Å². The number of likely N-dealkylation sites (tertiary alicyclic amines) is 1. The number of nitrogens with zero attached hydrogens (tertiary/aromatic N) is 3. The zero-order chi connectivity index (χ0) is 18.1. The van der Waals surface area contributed by atoms with Crippen LogP contribution in [-0.2, 0) is 22.6 Å². The van der Waals surface area contributed by atoms with Gasteiger partial charge in [-0.15, -0.1) is 6.58 Å². The molecule has 2 aliphatic rings. The number of carbonyl (C=O) groups excluding carboxylic acids is 2. The van der Waals surface area contributed by atoms with Gasteiger partial charge in [-0.3, -0.25) is 9.59 Å². The highest BCUT2D eigenvalue weighted by Crippen LogP contribution is 2.26. The minimum absolute atomic E-state index is 0.0360. The van der Waals surface area contributed by atoms with Gasteiger partial charge >= 0.3 is 0 Å². The molecule has 2 aromatic rings. The molecular formula is C20H22N4O2. The summed E-state index contributed by atoms with van der Waals surface area (Å²) in [6, 6.07) is 9.99. The third-order valence-corrected chi connectivity index (χ3v) is 5.10. The summed E-state index contributed by atoms with van der Waals surface area (Å²) in [5.74, 6) is 0.693. The lowest BCUT2D eigenvalue weighted by Gasteiger charge is -2.28. The largest absolute Gasteiger partial charge is 0.340 e. The number of rotatable bonds is 4. The number of aromatic nitrogens is 2. The topological polar surface area (TPSA) is 69.3 Å². The molecule has 1 unspecified atom stereocenters. The fourth-order valence-corrected chi connectivity index (χ4v) is 3.74. The summed E-state index contributed by atoms with van der Waals surface area (Å²) < 4.78 is 0. The third-order valence-electron chi connectivity index (χ3n) is 5.10. The van der Waals surface area contributed by atoms with E-state index in [1.165, 1.54) is 0 Å². The maximum atomic E-state index is 12.9. The molecule has 6 nitrogen and oxygen atoms in total. The van der Waals surface area contributed by atoms with Crippen molar-refractivity contribution in [2.45, 2.75) is 19.4 Å². The van der Waals surface area contributed by atoms with Gasteiger partial charge in [0.15, 0.2) is 0 Å². The fraction of sp³-hybridized carbons (Fsp3) is 0.350. The summed E-state index contributed by atoms with van der Waals surface area (Å²) in [6.07, 6.45) is 2.74. The van der Waals surface area contributed by atoms with Gasteiger partial charge in [-0.25, -0.2) is 4.98 Å². The molecule has 6 heteroatoms. The second-order valence-corrected chi connectivity index (χ2v) is 6.87. The molecule has 2 amide bonds. The van der Waals surface area contributed by atoms with Gasteiger partial charge in [0.05, 0.1) is 23.9 Å². The molecule has 1 fully saturated rings. The van der Waals surface area contributed by atoms with E-state index in [9.17, 15) is 9.59 Å². The lowest BCUT2D eigenvalue weighted by atomic mass is 10.0. The van der Waals surface area contributed by atoms with E-state index in [-0.39, 0.29) is 17.7 Å². The van der Waals surface area contributed by atoms with Crippen molar-refractivity contribution >= 4 is 11.8 Å². The van der Waals surface area contributed by atoms with Crippen molar-refractivity contribution < 1.29 is 9.59 Å². The van der Waals surface area contributed by atoms with Crippen molar-refractivity contribution in [2.24, 2.45) is 5.92 Å². The molecule has 4 rings (SSSR count). The number of carbonyl (C=O) groups is 2. The first-order chi connectivity index (χ1) is 12.7. The van der Waals surface area contributed by atoms with Crippen LogP contribution in [0.1, 0.15) is 17.8 Å². The number of imidazole rings is 1. The molecule has 2 aliphatic heterocycles. The molecular weight excluding hydrogens is 328 g/mol. The van der Waals surface area contributed by atoms with Gasteiger partial charge in [0, 0.05) is 38.0 Å². The lowest BCUT2D eigenvalue weighted by molar-refractivity contribution is -0.136. The first-order valence-corrected chi connectivity index (χ1v) is 8.96. The number of hydrogen-bond acceptors (Lipinski definition) is 3. The molecule has 134 valence electrons. The average molecular weight is 350 g/mol. The number of amides is 2. The number of H-pyrrole nitrogens is 1. The van der Waals surface area contributed by atoms with Crippen LogP contribution in [0.3, 0.4) is 0 Å². The number of hydrogen-bond donors (Lipinski definition) is 1. The Bertz CT molecular complexity index is 843. The molecule has 26 heavy (non-hydrogen) atoms. The number of fused-ring (bicyclic) bond motifs is 1. The van der Waals surface area contributed by atoms with Gasteiger partial charge in [-0.2, -0.15) is 0 Å². The van der Waals surface area contributed by atoms with Crippen molar-refractivity contribution in [3.63, 3.8) is 0 Å². The Labute approximate surface area is 152 Å². The van der Waals surface area contributed by atoms with Gasteiger partial charge in [0.1, 0.15) is 5.82 Å². The highest BCUT2D eigenvalue weighted by molar-refractivity contribution is 5.89. The van der Waals surface area contributed by atoms with Crippen molar-refractivity contribution in [1.82, 2.24) is 19.8 Å². The van der Waals surface area contributed by atoms with Crippen LogP contribution in [0.4, 0.5) is 0 Å². The van der Waals surface area contributed by atoms with Crippen molar-refractivity contribution in [3.8, 4) is 11.4 Å². The van der Waals surface area contributed by atoms with Crippen LogP contribution in [0, 0.1) is 5.92 Å². The minimum atomic E-state index is -0.250.